The second-order valence-corrected chi connectivity index (χ2v) is 6.63. The van der Waals surface area contributed by atoms with Crippen LogP contribution in [0.15, 0.2) is 73.3 Å². The lowest BCUT2D eigenvalue weighted by atomic mass is 9.88. The van der Waals surface area contributed by atoms with Gasteiger partial charge in [-0.3, -0.25) is 4.79 Å². The Bertz CT molecular complexity index is 833. The minimum Gasteiger partial charge on any atom is -0.343 e. The number of carbonyl (C=O) groups excluding carboxylic acids is 1. The molecule has 1 saturated carbocycles. The fourth-order valence-corrected chi connectivity index (χ4v) is 3.71. The minimum absolute atomic E-state index is 0.0112. The maximum Gasteiger partial charge on any atom is 0.251 e. The van der Waals surface area contributed by atoms with Gasteiger partial charge < -0.3 is 9.88 Å². The zero-order valence-electron chi connectivity index (χ0n) is 14.1. The molecule has 4 rings (SSSR count). The number of amides is 1. The molecule has 0 radical (unpaired) electrons. The van der Waals surface area contributed by atoms with Gasteiger partial charge in [0.15, 0.2) is 0 Å². The fourth-order valence-electron chi connectivity index (χ4n) is 3.71. The van der Waals surface area contributed by atoms with E-state index in [1.165, 1.54) is 5.56 Å². The van der Waals surface area contributed by atoms with Crippen LogP contribution in [0.4, 0.5) is 0 Å². The molecule has 1 amide bonds. The van der Waals surface area contributed by atoms with Crippen molar-refractivity contribution in [3.05, 3.63) is 84.4 Å². The van der Waals surface area contributed by atoms with Crippen molar-refractivity contribution in [1.29, 1.82) is 0 Å². The number of benzene rings is 2. The molecule has 0 spiro atoms. The van der Waals surface area contributed by atoms with Crippen LogP contribution in [0.25, 0.3) is 5.69 Å². The van der Waals surface area contributed by atoms with Crippen LogP contribution in [-0.4, -0.2) is 15.5 Å². The number of rotatable bonds is 4. The van der Waals surface area contributed by atoms with Gasteiger partial charge in [-0.1, -0.05) is 43.2 Å². The van der Waals surface area contributed by atoms with Crippen molar-refractivity contribution < 1.29 is 4.79 Å². The van der Waals surface area contributed by atoms with E-state index in [0.717, 1.165) is 31.4 Å². The summed E-state index contributed by atoms with van der Waals surface area (Å²) in [7, 11) is 0. The number of imidazole rings is 1. The molecule has 0 aliphatic heterocycles. The van der Waals surface area contributed by atoms with Crippen molar-refractivity contribution in [3.8, 4) is 5.69 Å². The molecule has 1 fully saturated rings. The Morgan fingerprint density at radius 1 is 1.00 bits per heavy atom. The molecule has 0 saturated heterocycles. The number of nitrogens with one attached hydrogen (secondary N) is 1. The second-order valence-electron chi connectivity index (χ2n) is 6.63. The number of hydrogen-bond donors (Lipinski definition) is 1. The van der Waals surface area contributed by atoms with Crippen molar-refractivity contribution in [2.24, 2.45) is 0 Å². The Balaban J connectivity index is 1.56. The Kier molecular flexibility index (Phi) is 4.10. The van der Waals surface area contributed by atoms with Crippen LogP contribution in [0.5, 0.6) is 0 Å². The van der Waals surface area contributed by atoms with E-state index in [2.05, 4.69) is 22.4 Å². The predicted molar refractivity (Wildman–Crippen MR) is 97.6 cm³/mol. The van der Waals surface area contributed by atoms with Crippen LogP contribution in [0, 0.1) is 0 Å². The van der Waals surface area contributed by atoms with E-state index < -0.39 is 0 Å². The topological polar surface area (TPSA) is 46.9 Å². The zero-order chi connectivity index (χ0) is 17.1. The van der Waals surface area contributed by atoms with Gasteiger partial charge in [0, 0.05) is 23.6 Å². The van der Waals surface area contributed by atoms with Crippen molar-refractivity contribution in [3.63, 3.8) is 0 Å². The van der Waals surface area contributed by atoms with Crippen LogP contribution in [0.2, 0.25) is 0 Å². The second kappa shape index (κ2) is 6.55. The molecule has 4 nitrogen and oxygen atoms in total. The number of carbonyl (C=O) groups is 1. The van der Waals surface area contributed by atoms with E-state index in [4.69, 9.17) is 0 Å². The van der Waals surface area contributed by atoms with Gasteiger partial charge in [-0.05, 0) is 42.7 Å². The van der Waals surface area contributed by atoms with Gasteiger partial charge in [0.2, 0.25) is 0 Å². The van der Waals surface area contributed by atoms with Gasteiger partial charge in [0.25, 0.3) is 5.91 Å². The summed E-state index contributed by atoms with van der Waals surface area (Å²) >= 11 is 0. The summed E-state index contributed by atoms with van der Waals surface area (Å²) in [4.78, 5) is 16.9. The van der Waals surface area contributed by atoms with E-state index >= 15 is 0 Å². The van der Waals surface area contributed by atoms with E-state index in [1.807, 2.05) is 53.2 Å². The quantitative estimate of drug-likeness (QED) is 0.783. The zero-order valence-corrected chi connectivity index (χ0v) is 14.1. The van der Waals surface area contributed by atoms with Gasteiger partial charge in [0.05, 0.1) is 11.9 Å². The first-order valence-corrected chi connectivity index (χ1v) is 8.73. The summed E-state index contributed by atoms with van der Waals surface area (Å²) in [6.45, 7) is 0. The standard InChI is InChI=1S/C21H21N3O/c25-20(17-8-10-19(11-9-17)24-15-14-22-16-24)23-21(12-4-5-13-21)18-6-2-1-3-7-18/h1-3,6-11,14-16H,4-5,12-13H2,(H,23,25). The lowest BCUT2D eigenvalue weighted by Crippen LogP contribution is -2.43. The fraction of sp³-hybridized carbons (Fsp3) is 0.238. The van der Waals surface area contributed by atoms with Crippen LogP contribution in [-0.2, 0) is 5.54 Å². The lowest BCUT2D eigenvalue weighted by molar-refractivity contribution is 0.0898. The highest BCUT2D eigenvalue weighted by atomic mass is 16.1. The molecular weight excluding hydrogens is 310 g/mol. The maximum absolute atomic E-state index is 12.8. The molecule has 0 bridgehead atoms. The van der Waals surface area contributed by atoms with E-state index in [0.29, 0.717) is 5.56 Å². The van der Waals surface area contributed by atoms with Crippen molar-refractivity contribution in [2.75, 3.05) is 0 Å². The molecular formula is C21H21N3O. The molecule has 1 aromatic heterocycles. The number of hydrogen-bond acceptors (Lipinski definition) is 2. The third kappa shape index (κ3) is 3.07. The number of aromatic nitrogens is 2. The van der Waals surface area contributed by atoms with Gasteiger partial charge in [0.1, 0.15) is 0 Å². The van der Waals surface area contributed by atoms with E-state index in [9.17, 15) is 4.79 Å². The summed E-state index contributed by atoms with van der Waals surface area (Å²) in [6.07, 6.45) is 9.66. The molecule has 0 atom stereocenters. The summed E-state index contributed by atoms with van der Waals surface area (Å²) in [5.74, 6) is -0.0112. The van der Waals surface area contributed by atoms with E-state index in [1.54, 1.807) is 12.5 Å². The first-order chi connectivity index (χ1) is 12.3. The molecule has 1 heterocycles. The lowest BCUT2D eigenvalue weighted by Gasteiger charge is -2.31. The van der Waals surface area contributed by atoms with Gasteiger partial charge in [-0.25, -0.2) is 4.98 Å². The Labute approximate surface area is 147 Å². The number of nitrogens with zero attached hydrogens (tertiary/aromatic N) is 2. The molecule has 1 aliphatic carbocycles. The van der Waals surface area contributed by atoms with Gasteiger partial charge in [-0.15, -0.1) is 0 Å². The van der Waals surface area contributed by atoms with Crippen LogP contribution >= 0.6 is 0 Å². The molecule has 3 aromatic rings. The Morgan fingerprint density at radius 2 is 1.72 bits per heavy atom. The Hall–Kier alpha value is -2.88. The molecule has 2 aromatic carbocycles. The van der Waals surface area contributed by atoms with Crippen LogP contribution < -0.4 is 5.32 Å². The first kappa shape index (κ1) is 15.6. The first-order valence-electron chi connectivity index (χ1n) is 8.73. The molecule has 1 aliphatic rings. The van der Waals surface area contributed by atoms with Crippen molar-refractivity contribution in [2.45, 2.75) is 31.2 Å². The van der Waals surface area contributed by atoms with Crippen LogP contribution in [0.1, 0.15) is 41.6 Å². The van der Waals surface area contributed by atoms with Gasteiger partial charge in [-0.2, -0.15) is 0 Å². The summed E-state index contributed by atoms with van der Waals surface area (Å²) in [6, 6.07) is 18.0. The maximum atomic E-state index is 12.8. The highest BCUT2D eigenvalue weighted by Crippen LogP contribution is 2.38. The summed E-state index contributed by atoms with van der Waals surface area (Å²) in [5.41, 5.74) is 2.65. The molecule has 4 heteroatoms. The van der Waals surface area contributed by atoms with Crippen molar-refractivity contribution in [1.82, 2.24) is 14.9 Å². The SMILES string of the molecule is O=C(NC1(c2ccccc2)CCCC1)c1ccc(-n2ccnc2)cc1. The molecule has 126 valence electrons. The highest BCUT2D eigenvalue weighted by Gasteiger charge is 2.37. The molecule has 25 heavy (non-hydrogen) atoms. The predicted octanol–water partition coefficient (Wildman–Crippen LogP) is 4.07. The highest BCUT2D eigenvalue weighted by molar-refractivity contribution is 5.95. The Morgan fingerprint density at radius 3 is 2.36 bits per heavy atom. The van der Waals surface area contributed by atoms with Crippen molar-refractivity contribution >= 4 is 5.91 Å². The van der Waals surface area contributed by atoms with E-state index in [-0.39, 0.29) is 11.4 Å². The molecule has 1 N–H and O–H groups in total. The third-order valence-corrected chi connectivity index (χ3v) is 5.07. The summed E-state index contributed by atoms with van der Waals surface area (Å²) in [5, 5.41) is 3.32. The van der Waals surface area contributed by atoms with Gasteiger partial charge >= 0.3 is 0 Å². The minimum atomic E-state index is -0.235. The molecule has 0 unspecified atom stereocenters. The monoisotopic (exact) mass is 331 g/mol. The normalized spacial score (nSPS) is 15.8. The summed E-state index contributed by atoms with van der Waals surface area (Å²) < 4.78 is 1.92. The average Bonchev–Trinajstić information content (AvgIpc) is 3.35. The smallest absolute Gasteiger partial charge is 0.251 e. The third-order valence-electron chi connectivity index (χ3n) is 5.07. The largest absolute Gasteiger partial charge is 0.343 e. The van der Waals surface area contributed by atoms with Crippen LogP contribution in [0.3, 0.4) is 0 Å². The average molecular weight is 331 g/mol.